The number of carboxylic acid groups (broad SMARTS) is 1. The van der Waals surface area contributed by atoms with Gasteiger partial charge in [0.1, 0.15) is 11.9 Å². The summed E-state index contributed by atoms with van der Waals surface area (Å²) >= 11 is 0. The number of nitrogens with zero attached hydrogens (tertiary/aromatic N) is 2. The average Bonchev–Trinajstić information content (AvgIpc) is 2.90. The molecule has 0 radical (unpaired) electrons. The first-order valence-corrected chi connectivity index (χ1v) is 12.7. The monoisotopic (exact) mass is 494 g/mol. The van der Waals surface area contributed by atoms with Gasteiger partial charge in [-0.25, -0.2) is 4.39 Å². The van der Waals surface area contributed by atoms with Crippen molar-refractivity contribution in [2.45, 2.75) is 44.4 Å². The normalized spacial score (nSPS) is 20.2. The van der Waals surface area contributed by atoms with E-state index in [9.17, 15) is 19.4 Å². The number of rotatable bonds is 11. The van der Waals surface area contributed by atoms with E-state index in [2.05, 4.69) is 9.88 Å². The van der Waals surface area contributed by atoms with Crippen LogP contribution in [0, 0.1) is 11.8 Å². The summed E-state index contributed by atoms with van der Waals surface area (Å²) in [6, 6.07) is 16.6. The number of ether oxygens (including phenoxy) is 1. The van der Waals surface area contributed by atoms with Crippen LogP contribution in [-0.2, 0) is 4.79 Å². The summed E-state index contributed by atoms with van der Waals surface area (Å²) in [5.74, 6) is 0.0744. The number of halogens is 1. The van der Waals surface area contributed by atoms with Crippen molar-refractivity contribution in [2.75, 3.05) is 26.7 Å². The van der Waals surface area contributed by atoms with Crippen LogP contribution in [0.25, 0.3) is 10.9 Å². The molecule has 0 unspecified atom stereocenters. The Hall–Kier alpha value is -3.03. The zero-order valence-corrected chi connectivity index (χ0v) is 20.7. The third-order valence-electron chi connectivity index (χ3n) is 7.42. The molecule has 3 aromatic rings. The summed E-state index contributed by atoms with van der Waals surface area (Å²) < 4.78 is 20.0. The highest BCUT2D eigenvalue weighted by molar-refractivity contribution is 5.83. The number of piperidine rings is 1. The Bertz CT molecular complexity index is 1140. The van der Waals surface area contributed by atoms with Gasteiger partial charge >= 0.3 is 5.97 Å². The van der Waals surface area contributed by atoms with E-state index >= 15 is 0 Å². The van der Waals surface area contributed by atoms with Gasteiger partial charge in [0, 0.05) is 31.1 Å². The van der Waals surface area contributed by atoms with Crippen LogP contribution in [0.15, 0.2) is 60.8 Å². The maximum atomic E-state index is 14.6. The van der Waals surface area contributed by atoms with Crippen LogP contribution in [-0.4, -0.2) is 52.8 Å². The van der Waals surface area contributed by atoms with Gasteiger partial charge in [-0.3, -0.25) is 9.78 Å². The SMILES string of the molecule is COc1ccc2nccc([C@H](O)CC[C@@H]3CCN(CC[C@H](F)c4ccccc4)C[C@@H]3CC(=O)O)c2c1. The molecule has 1 aliphatic rings. The molecule has 1 saturated heterocycles. The minimum atomic E-state index is -1.02. The van der Waals surface area contributed by atoms with Gasteiger partial charge in [0.05, 0.1) is 18.7 Å². The molecule has 1 aliphatic heterocycles. The summed E-state index contributed by atoms with van der Waals surface area (Å²) in [5.41, 5.74) is 2.29. The lowest BCUT2D eigenvalue weighted by atomic mass is 9.79. The lowest BCUT2D eigenvalue weighted by Gasteiger charge is -2.38. The Morgan fingerprint density at radius 1 is 1.17 bits per heavy atom. The zero-order valence-electron chi connectivity index (χ0n) is 20.7. The third-order valence-corrected chi connectivity index (χ3v) is 7.42. The molecule has 4 atom stereocenters. The number of carboxylic acids is 1. The van der Waals surface area contributed by atoms with Crippen molar-refractivity contribution in [1.82, 2.24) is 9.88 Å². The maximum Gasteiger partial charge on any atom is 0.303 e. The molecule has 6 nitrogen and oxygen atoms in total. The Morgan fingerprint density at radius 2 is 1.97 bits per heavy atom. The molecule has 1 aromatic heterocycles. The Kier molecular flexibility index (Phi) is 8.88. The molecule has 0 aliphatic carbocycles. The van der Waals surface area contributed by atoms with Crippen LogP contribution < -0.4 is 4.74 Å². The number of fused-ring (bicyclic) bond motifs is 1. The molecule has 1 fully saturated rings. The Balaban J connectivity index is 1.36. The van der Waals surface area contributed by atoms with E-state index in [4.69, 9.17) is 4.74 Å². The highest BCUT2D eigenvalue weighted by atomic mass is 19.1. The van der Waals surface area contributed by atoms with E-state index < -0.39 is 18.2 Å². The molecule has 2 aromatic carbocycles. The third kappa shape index (κ3) is 6.59. The van der Waals surface area contributed by atoms with Crippen LogP contribution in [0.4, 0.5) is 4.39 Å². The van der Waals surface area contributed by atoms with Crippen molar-refractivity contribution < 1.29 is 24.1 Å². The topological polar surface area (TPSA) is 82.9 Å². The summed E-state index contributed by atoms with van der Waals surface area (Å²) in [5, 5.41) is 21.4. The lowest BCUT2D eigenvalue weighted by molar-refractivity contribution is -0.139. The first-order valence-electron chi connectivity index (χ1n) is 12.7. The quantitative estimate of drug-likeness (QED) is 0.363. The van der Waals surface area contributed by atoms with Crippen LogP contribution in [0.2, 0.25) is 0 Å². The molecular formula is C29H35FN2O4. The van der Waals surface area contributed by atoms with E-state index in [-0.39, 0.29) is 18.3 Å². The first-order chi connectivity index (χ1) is 17.4. The number of carbonyl (C=O) groups is 1. The Morgan fingerprint density at radius 3 is 2.72 bits per heavy atom. The predicted molar refractivity (Wildman–Crippen MR) is 138 cm³/mol. The van der Waals surface area contributed by atoms with E-state index in [1.165, 1.54) is 0 Å². The number of aliphatic carboxylic acids is 1. The summed E-state index contributed by atoms with van der Waals surface area (Å²) in [4.78, 5) is 18.2. The Labute approximate surface area is 211 Å². The number of aliphatic hydroxyl groups is 1. The van der Waals surface area contributed by atoms with Gasteiger partial charge in [0.25, 0.3) is 0 Å². The summed E-state index contributed by atoms with van der Waals surface area (Å²) in [6.07, 6.45) is 2.60. The number of alkyl halides is 1. The number of likely N-dealkylation sites (tertiary alicyclic amines) is 1. The fourth-order valence-corrected chi connectivity index (χ4v) is 5.41. The van der Waals surface area contributed by atoms with Gasteiger partial charge in [0.15, 0.2) is 0 Å². The number of aliphatic hydroxyl groups excluding tert-OH is 1. The van der Waals surface area contributed by atoms with Crippen molar-refractivity contribution in [3.05, 3.63) is 71.9 Å². The van der Waals surface area contributed by atoms with Crippen molar-refractivity contribution in [3.63, 3.8) is 0 Å². The van der Waals surface area contributed by atoms with Crippen molar-refractivity contribution in [1.29, 1.82) is 0 Å². The summed E-state index contributed by atoms with van der Waals surface area (Å²) in [6.45, 7) is 2.06. The van der Waals surface area contributed by atoms with Gasteiger partial charge in [-0.05, 0) is 79.5 Å². The van der Waals surface area contributed by atoms with Crippen molar-refractivity contribution in [2.24, 2.45) is 11.8 Å². The fourth-order valence-electron chi connectivity index (χ4n) is 5.41. The van der Waals surface area contributed by atoms with Crippen LogP contribution in [0.1, 0.15) is 55.5 Å². The number of hydrogen-bond donors (Lipinski definition) is 2. The van der Waals surface area contributed by atoms with Gasteiger partial charge < -0.3 is 19.8 Å². The van der Waals surface area contributed by atoms with Crippen LogP contribution >= 0.6 is 0 Å². The van der Waals surface area contributed by atoms with Crippen LogP contribution in [0.3, 0.4) is 0 Å². The highest BCUT2D eigenvalue weighted by Crippen LogP contribution is 2.35. The van der Waals surface area contributed by atoms with Gasteiger partial charge in [0.2, 0.25) is 0 Å². The van der Waals surface area contributed by atoms with E-state index in [0.717, 1.165) is 35.9 Å². The lowest BCUT2D eigenvalue weighted by Crippen LogP contribution is -2.42. The highest BCUT2D eigenvalue weighted by Gasteiger charge is 2.31. The van der Waals surface area contributed by atoms with Gasteiger partial charge in [-0.1, -0.05) is 30.3 Å². The standard InChI is InChI=1S/C29H35FN2O4/c1-36-23-8-9-27-25(18-23)24(11-14-31-27)28(33)10-7-20-12-15-32(19-22(20)17-29(34)35)16-13-26(30)21-5-3-2-4-6-21/h2-6,8-9,11,14,18,20,22,26,28,33H,7,10,12-13,15-17,19H2,1H3,(H,34,35)/t20-,22+,26+,28-/m1/s1. The predicted octanol–water partition coefficient (Wildman–Crippen LogP) is 5.57. The second-order valence-corrected chi connectivity index (χ2v) is 9.75. The molecule has 0 saturated carbocycles. The van der Waals surface area contributed by atoms with E-state index in [1.807, 2.05) is 42.5 Å². The summed E-state index contributed by atoms with van der Waals surface area (Å²) in [7, 11) is 1.61. The minimum Gasteiger partial charge on any atom is -0.497 e. The first kappa shape index (κ1) is 26.0. The minimum absolute atomic E-state index is 0.0208. The molecule has 0 spiro atoms. The average molecular weight is 495 g/mol. The molecule has 0 bridgehead atoms. The van der Waals surface area contributed by atoms with Crippen molar-refractivity contribution in [3.8, 4) is 5.75 Å². The molecule has 7 heteroatoms. The molecule has 36 heavy (non-hydrogen) atoms. The molecule has 2 N–H and O–H groups in total. The van der Waals surface area contributed by atoms with Gasteiger partial charge in [-0.2, -0.15) is 0 Å². The second-order valence-electron chi connectivity index (χ2n) is 9.75. The number of methoxy groups -OCH3 is 1. The number of benzene rings is 2. The van der Waals surface area contributed by atoms with Crippen molar-refractivity contribution >= 4 is 16.9 Å². The van der Waals surface area contributed by atoms with E-state index in [1.54, 1.807) is 25.4 Å². The molecule has 192 valence electrons. The van der Waals surface area contributed by atoms with Gasteiger partial charge in [-0.15, -0.1) is 0 Å². The second kappa shape index (κ2) is 12.3. The zero-order chi connectivity index (χ0) is 25.5. The fraction of sp³-hybridized carbons (Fsp3) is 0.448. The van der Waals surface area contributed by atoms with Crippen LogP contribution in [0.5, 0.6) is 5.75 Å². The molecule has 2 heterocycles. The maximum absolute atomic E-state index is 14.6. The molecule has 4 rings (SSSR count). The molecule has 0 amide bonds. The number of pyridine rings is 1. The number of aromatic nitrogens is 1. The smallest absolute Gasteiger partial charge is 0.303 e. The van der Waals surface area contributed by atoms with E-state index in [0.29, 0.717) is 37.2 Å². The number of hydrogen-bond acceptors (Lipinski definition) is 5. The molecular weight excluding hydrogens is 459 g/mol. The largest absolute Gasteiger partial charge is 0.497 e.